The minimum Gasteiger partial charge on any atom is -0.467 e. The molecular weight excluding hydrogens is 266 g/mol. The van der Waals surface area contributed by atoms with Crippen LogP contribution < -0.4 is 5.32 Å². The van der Waals surface area contributed by atoms with Crippen LogP contribution in [0.3, 0.4) is 0 Å². The molecular formula is C12H13N3O3S. The summed E-state index contributed by atoms with van der Waals surface area (Å²) in [7, 11) is 1.29. The summed E-state index contributed by atoms with van der Waals surface area (Å²) in [4.78, 5) is 30.4. The third-order valence-corrected chi connectivity index (χ3v) is 3.24. The standard InChI is InChI=1S/C12H13N3O3S/c1-18-12(17)10(4-9-5-13-7-14-9)15-11(16)8-2-3-19-6-8/h2-3,5-7,10H,4H2,1H3,(H,13,14)(H,15,16)/t10-/m0/s1. The minimum absolute atomic E-state index is 0.295. The van der Waals surface area contributed by atoms with E-state index in [2.05, 4.69) is 15.3 Å². The summed E-state index contributed by atoms with van der Waals surface area (Å²) >= 11 is 1.42. The van der Waals surface area contributed by atoms with Crippen molar-refractivity contribution in [3.63, 3.8) is 0 Å². The maximum Gasteiger partial charge on any atom is 0.328 e. The molecule has 2 heterocycles. The van der Waals surface area contributed by atoms with Gasteiger partial charge in [0.05, 0.1) is 19.0 Å². The SMILES string of the molecule is COC(=O)[C@H](Cc1cnc[nH]1)NC(=O)c1ccsc1. The minimum atomic E-state index is -0.738. The maximum absolute atomic E-state index is 11.9. The van der Waals surface area contributed by atoms with Crippen molar-refractivity contribution in [2.45, 2.75) is 12.5 Å². The molecule has 1 atom stereocenters. The Kier molecular flexibility index (Phi) is 4.30. The summed E-state index contributed by atoms with van der Waals surface area (Å²) in [6.45, 7) is 0. The van der Waals surface area contributed by atoms with Crippen molar-refractivity contribution in [2.75, 3.05) is 7.11 Å². The van der Waals surface area contributed by atoms with Crippen LogP contribution in [0.15, 0.2) is 29.4 Å². The first kappa shape index (κ1) is 13.3. The quantitative estimate of drug-likeness (QED) is 0.799. The highest BCUT2D eigenvalue weighted by Gasteiger charge is 2.23. The van der Waals surface area contributed by atoms with Gasteiger partial charge in [0.15, 0.2) is 0 Å². The van der Waals surface area contributed by atoms with Gasteiger partial charge < -0.3 is 15.0 Å². The predicted molar refractivity (Wildman–Crippen MR) is 69.9 cm³/mol. The number of imidazole rings is 1. The lowest BCUT2D eigenvalue weighted by atomic mass is 10.1. The molecule has 1 amide bonds. The van der Waals surface area contributed by atoms with Crippen molar-refractivity contribution in [3.8, 4) is 0 Å². The number of ether oxygens (including phenoxy) is 1. The second-order valence-electron chi connectivity index (χ2n) is 3.84. The number of amides is 1. The molecule has 0 aliphatic rings. The molecule has 0 aliphatic heterocycles. The summed E-state index contributed by atoms with van der Waals surface area (Å²) in [6, 6.07) is 0.961. The molecule has 2 aromatic rings. The van der Waals surface area contributed by atoms with Crippen LogP contribution in [0, 0.1) is 0 Å². The van der Waals surface area contributed by atoms with E-state index in [-0.39, 0.29) is 5.91 Å². The van der Waals surface area contributed by atoms with Gasteiger partial charge in [-0.15, -0.1) is 0 Å². The van der Waals surface area contributed by atoms with Crippen LogP contribution in [0.5, 0.6) is 0 Å². The number of nitrogens with zero attached hydrogens (tertiary/aromatic N) is 1. The molecule has 0 aliphatic carbocycles. The summed E-state index contributed by atoms with van der Waals surface area (Å²) in [5.74, 6) is -0.783. The molecule has 2 N–H and O–H groups in total. The van der Waals surface area contributed by atoms with Crippen LogP contribution in [0.4, 0.5) is 0 Å². The topological polar surface area (TPSA) is 84.1 Å². The number of esters is 1. The molecule has 0 saturated heterocycles. The molecule has 2 rings (SSSR count). The van der Waals surface area contributed by atoms with Gasteiger partial charge in [-0.1, -0.05) is 0 Å². The average Bonchev–Trinajstić information content (AvgIpc) is 3.09. The first-order chi connectivity index (χ1) is 9.20. The molecule has 6 nitrogen and oxygen atoms in total. The molecule has 0 aromatic carbocycles. The molecule has 100 valence electrons. The third kappa shape index (κ3) is 3.41. The van der Waals surface area contributed by atoms with Crippen molar-refractivity contribution >= 4 is 23.2 Å². The molecule has 19 heavy (non-hydrogen) atoms. The van der Waals surface area contributed by atoms with E-state index in [4.69, 9.17) is 4.74 Å². The molecule has 0 bridgehead atoms. The van der Waals surface area contributed by atoms with Gasteiger partial charge in [-0.05, 0) is 11.4 Å². The van der Waals surface area contributed by atoms with Crippen LogP contribution in [-0.2, 0) is 16.0 Å². The van der Waals surface area contributed by atoms with Gasteiger partial charge >= 0.3 is 5.97 Å². The summed E-state index contributed by atoms with van der Waals surface area (Å²) in [5, 5.41) is 6.18. The Bertz CT molecular complexity index is 537. The van der Waals surface area contributed by atoms with Crippen LogP contribution in [0.2, 0.25) is 0 Å². The number of nitrogens with one attached hydrogen (secondary N) is 2. The van der Waals surface area contributed by atoms with Crippen molar-refractivity contribution in [3.05, 3.63) is 40.6 Å². The number of thiophene rings is 1. The summed E-state index contributed by atoms with van der Waals surface area (Å²) in [6.07, 6.45) is 3.43. The zero-order chi connectivity index (χ0) is 13.7. The third-order valence-electron chi connectivity index (χ3n) is 2.55. The second-order valence-corrected chi connectivity index (χ2v) is 4.62. The largest absolute Gasteiger partial charge is 0.467 e. The molecule has 0 radical (unpaired) electrons. The van der Waals surface area contributed by atoms with Crippen molar-refractivity contribution < 1.29 is 14.3 Å². The lowest BCUT2D eigenvalue weighted by molar-refractivity contribution is -0.142. The van der Waals surface area contributed by atoms with E-state index >= 15 is 0 Å². The van der Waals surface area contributed by atoms with Crippen LogP contribution >= 0.6 is 11.3 Å². The number of rotatable bonds is 5. The van der Waals surface area contributed by atoms with Gasteiger partial charge in [0.1, 0.15) is 6.04 Å². The van der Waals surface area contributed by atoms with Gasteiger partial charge in [-0.25, -0.2) is 9.78 Å². The number of aromatic amines is 1. The Hall–Kier alpha value is -2.15. The first-order valence-electron chi connectivity index (χ1n) is 5.59. The average molecular weight is 279 g/mol. The zero-order valence-electron chi connectivity index (χ0n) is 10.3. The molecule has 0 fully saturated rings. The van der Waals surface area contributed by atoms with Gasteiger partial charge in [0.2, 0.25) is 0 Å². The normalized spacial score (nSPS) is 11.8. The van der Waals surface area contributed by atoms with Gasteiger partial charge in [0, 0.05) is 23.7 Å². The first-order valence-corrected chi connectivity index (χ1v) is 6.53. The second kappa shape index (κ2) is 6.14. The van der Waals surface area contributed by atoms with E-state index in [9.17, 15) is 9.59 Å². The molecule has 2 aromatic heterocycles. The molecule has 0 spiro atoms. The van der Waals surface area contributed by atoms with E-state index in [1.807, 2.05) is 0 Å². The highest BCUT2D eigenvalue weighted by atomic mass is 32.1. The van der Waals surface area contributed by atoms with Crippen LogP contribution in [0.25, 0.3) is 0 Å². The molecule has 0 unspecified atom stereocenters. The summed E-state index contributed by atoms with van der Waals surface area (Å²) in [5.41, 5.74) is 1.28. The smallest absolute Gasteiger partial charge is 0.328 e. The fourth-order valence-electron chi connectivity index (χ4n) is 1.59. The highest BCUT2D eigenvalue weighted by molar-refractivity contribution is 7.08. The van der Waals surface area contributed by atoms with E-state index < -0.39 is 12.0 Å². The fourth-order valence-corrected chi connectivity index (χ4v) is 2.22. The molecule has 7 heteroatoms. The number of hydrogen-bond donors (Lipinski definition) is 2. The Morgan fingerprint density at radius 2 is 2.42 bits per heavy atom. The van der Waals surface area contributed by atoms with Crippen molar-refractivity contribution in [1.29, 1.82) is 0 Å². The number of hydrogen-bond acceptors (Lipinski definition) is 5. The monoisotopic (exact) mass is 279 g/mol. The number of methoxy groups -OCH3 is 1. The lowest BCUT2D eigenvalue weighted by Crippen LogP contribution is -2.43. The van der Waals surface area contributed by atoms with E-state index in [1.54, 1.807) is 23.0 Å². The number of H-pyrrole nitrogens is 1. The van der Waals surface area contributed by atoms with Crippen LogP contribution in [-0.4, -0.2) is 35.0 Å². The number of carbonyl (C=O) groups is 2. The summed E-state index contributed by atoms with van der Waals surface area (Å²) < 4.78 is 4.69. The fraction of sp³-hybridized carbons (Fsp3) is 0.250. The number of carbonyl (C=O) groups excluding carboxylic acids is 2. The van der Waals surface area contributed by atoms with Gasteiger partial charge in [0.25, 0.3) is 5.91 Å². The van der Waals surface area contributed by atoms with E-state index in [1.165, 1.54) is 24.8 Å². The maximum atomic E-state index is 11.9. The van der Waals surface area contributed by atoms with E-state index in [0.717, 1.165) is 5.69 Å². The van der Waals surface area contributed by atoms with E-state index in [0.29, 0.717) is 12.0 Å². The Balaban J connectivity index is 2.06. The Labute approximate surface area is 113 Å². The Morgan fingerprint density at radius 1 is 1.58 bits per heavy atom. The highest BCUT2D eigenvalue weighted by Crippen LogP contribution is 2.07. The van der Waals surface area contributed by atoms with Crippen molar-refractivity contribution in [1.82, 2.24) is 15.3 Å². The van der Waals surface area contributed by atoms with Crippen molar-refractivity contribution in [2.24, 2.45) is 0 Å². The Morgan fingerprint density at radius 3 is 3.00 bits per heavy atom. The lowest BCUT2D eigenvalue weighted by Gasteiger charge is -2.15. The zero-order valence-corrected chi connectivity index (χ0v) is 11.1. The van der Waals surface area contributed by atoms with Crippen LogP contribution in [0.1, 0.15) is 16.1 Å². The van der Waals surface area contributed by atoms with Gasteiger partial charge in [-0.2, -0.15) is 11.3 Å². The number of aromatic nitrogens is 2. The van der Waals surface area contributed by atoms with Gasteiger partial charge in [-0.3, -0.25) is 4.79 Å². The predicted octanol–water partition coefficient (Wildman–Crippen LogP) is 0.985. The molecule has 0 saturated carbocycles.